The number of hydrogen-bond acceptors (Lipinski definition) is 3. The second-order valence-electron chi connectivity index (χ2n) is 7.55. The Morgan fingerprint density at radius 1 is 0.967 bits per heavy atom. The van der Waals surface area contributed by atoms with E-state index < -0.39 is 0 Å². The van der Waals surface area contributed by atoms with Crippen molar-refractivity contribution in [3.05, 3.63) is 71.2 Å². The molecule has 158 valence electrons. The van der Waals surface area contributed by atoms with Gasteiger partial charge in [-0.25, -0.2) is 4.39 Å². The Morgan fingerprint density at radius 2 is 1.60 bits per heavy atom. The van der Waals surface area contributed by atoms with Crippen molar-refractivity contribution in [2.75, 3.05) is 19.8 Å². The van der Waals surface area contributed by atoms with Crippen LogP contribution in [-0.2, 0) is 0 Å². The van der Waals surface area contributed by atoms with Gasteiger partial charge in [-0.1, -0.05) is 27.0 Å². The summed E-state index contributed by atoms with van der Waals surface area (Å²) >= 11 is 0. The van der Waals surface area contributed by atoms with Gasteiger partial charge in [0.25, 0.3) is 11.8 Å². The number of nitrogens with zero attached hydrogens (tertiary/aromatic N) is 2. The highest BCUT2D eigenvalue weighted by atomic mass is 19.1. The van der Waals surface area contributed by atoms with Crippen molar-refractivity contribution >= 4 is 22.7 Å². The zero-order valence-electron chi connectivity index (χ0n) is 15.3. The van der Waals surface area contributed by atoms with Crippen LogP contribution in [0.1, 0.15) is 59.9 Å². The molecule has 5 rings (SSSR count). The molecule has 30 heavy (non-hydrogen) atoms. The molecule has 0 atom stereocenters. The number of halogens is 1. The number of benzene rings is 2. The van der Waals surface area contributed by atoms with Crippen molar-refractivity contribution < 1.29 is 14.0 Å². The number of aromatic nitrogens is 1. The van der Waals surface area contributed by atoms with E-state index in [0.717, 1.165) is 36.8 Å². The molecule has 2 amide bonds. The van der Waals surface area contributed by atoms with Crippen LogP contribution in [0.2, 0.25) is 0 Å². The Kier molecular flexibility index (Phi) is 6.08. The van der Waals surface area contributed by atoms with E-state index in [1.165, 1.54) is 22.6 Å². The maximum atomic E-state index is 13.4. The van der Waals surface area contributed by atoms with Gasteiger partial charge in [0.05, 0.1) is 17.8 Å². The standard InChI is InChI=1S/C22H20FN3O2.2CH4/c23-15-5-6-16-19(12-24-20(16)11-15)14-7-9-25(10-8-14)13-26-21(27)17-3-1-2-4-18(17)22(26)28;;/h1-6,11-12,14,24H,7-10,13H2;2*1H4. The zero-order chi connectivity index (χ0) is 19.3. The average Bonchev–Trinajstić information content (AvgIpc) is 3.23. The number of hydrogen-bond donors (Lipinski definition) is 1. The largest absolute Gasteiger partial charge is 0.361 e. The number of fused-ring (bicyclic) bond motifs is 2. The molecule has 1 saturated heterocycles. The van der Waals surface area contributed by atoms with Crippen molar-refractivity contribution in [1.82, 2.24) is 14.8 Å². The van der Waals surface area contributed by atoms with Crippen LogP contribution in [0.5, 0.6) is 0 Å². The first-order valence-electron chi connectivity index (χ1n) is 9.56. The minimum absolute atomic E-state index is 0. The van der Waals surface area contributed by atoms with Gasteiger partial charge in [-0.05, 0) is 54.7 Å². The maximum absolute atomic E-state index is 13.4. The van der Waals surface area contributed by atoms with E-state index in [4.69, 9.17) is 0 Å². The van der Waals surface area contributed by atoms with Crippen molar-refractivity contribution in [1.29, 1.82) is 0 Å². The molecule has 0 unspecified atom stereocenters. The molecule has 3 aromatic rings. The highest BCUT2D eigenvalue weighted by molar-refractivity contribution is 6.21. The highest BCUT2D eigenvalue weighted by Crippen LogP contribution is 2.34. The molecular weight excluding hydrogens is 381 g/mol. The number of imide groups is 1. The lowest BCUT2D eigenvalue weighted by Crippen LogP contribution is -2.44. The summed E-state index contributed by atoms with van der Waals surface area (Å²) in [7, 11) is 0. The number of rotatable bonds is 3. The number of carbonyl (C=O) groups excluding carboxylic acids is 2. The van der Waals surface area contributed by atoms with Gasteiger partial charge < -0.3 is 4.98 Å². The number of amides is 2. The molecule has 3 heterocycles. The molecular formula is C24H28FN3O2. The van der Waals surface area contributed by atoms with E-state index in [2.05, 4.69) is 9.88 Å². The number of aromatic amines is 1. The summed E-state index contributed by atoms with van der Waals surface area (Å²) in [4.78, 5) is 31.8. The van der Waals surface area contributed by atoms with E-state index >= 15 is 0 Å². The Labute approximate surface area is 176 Å². The predicted molar refractivity (Wildman–Crippen MR) is 117 cm³/mol. The molecule has 2 aliphatic heterocycles. The fraction of sp³-hybridized carbons (Fsp3) is 0.333. The smallest absolute Gasteiger partial charge is 0.262 e. The molecule has 1 N–H and O–H groups in total. The first-order valence-corrected chi connectivity index (χ1v) is 9.56. The van der Waals surface area contributed by atoms with Crippen molar-refractivity contribution in [2.24, 2.45) is 0 Å². The van der Waals surface area contributed by atoms with Gasteiger partial charge in [-0.2, -0.15) is 0 Å². The van der Waals surface area contributed by atoms with Crippen LogP contribution in [0.15, 0.2) is 48.7 Å². The number of piperidine rings is 1. The van der Waals surface area contributed by atoms with Gasteiger partial charge in [0.1, 0.15) is 5.82 Å². The molecule has 1 aromatic heterocycles. The van der Waals surface area contributed by atoms with Crippen LogP contribution < -0.4 is 0 Å². The third kappa shape index (κ3) is 3.52. The van der Waals surface area contributed by atoms with E-state index in [1.807, 2.05) is 12.3 Å². The molecule has 5 nitrogen and oxygen atoms in total. The fourth-order valence-electron chi connectivity index (χ4n) is 4.41. The van der Waals surface area contributed by atoms with E-state index in [-0.39, 0.29) is 32.5 Å². The average molecular weight is 410 g/mol. The van der Waals surface area contributed by atoms with Crippen LogP contribution >= 0.6 is 0 Å². The lowest BCUT2D eigenvalue weighted by atomic mass is 9.89. The Bertz CT molecular complexity index is 1050. The Morgan fingerprint density at radius 3 is 2.23 bits per heavy atom. The van der Waals surface area contributed by atoms with Crippen LogP contribution in [-0.4, -0.2) is 46.4 Å². The van der Waals surface area contributed by atoms with Gasteiger partial charge >= 0.3 is 0 Å². The second-order valence-corrected chi connectivity index (χ2v) is 7.55. The normalized spacial score (nSPS) is 17.0. The molecule has 0 bridgehead atoms. The number of H-pyrrole nitrogens is 1. The minimum atomic E-state index is -0.239. The zero-order valence-corrected chi connectivity index (χ0v) is 15.3. The predicted octanol–water partition coefficient (Wildman–Crippen LogP) is 5.01. The summed E-state index contributed by atoms with van der Waals surface area (Å²) in [6.07, 6.45) is 3.86. The quantitative estimate of drug-likeness (QED) is 0.619. The molecule has 0 radical (unpaired) electrons. The number of likely N-dealkylation sites (tertiary alicyclic amines) is 1. The summed E-state index contributed by atoms with van der Waals surface area (Å²) in [5.41, 5.74) is 3.03. The van der Waals surface area contributed by atoms with E-state index in [9.17, 15) is 14.0 Å². The lowest BCUT2D eigenvalue weighted by molar-refractivity contribution is 0.0511. The van der Waals surface area contributed by atoms with Crippen molar-refractivity contribution in [3.63, 3.8) is 0 Å². The summed E-state index contributed by atoms with van der Waals surface area (Å²) in [6.45, 7) is 1.95. The third-order valence-electron chi connectivity index (χ3n) is 5.92. The minimum Gasteiger partial charge on any atom is -0.361 e. The molecule has 0 aliphatic carbocycles. The van der Waals surface area contributed by atoms with Crippen molar-refractivity contribution in [2.45, 2.75) is 33.6 Å². The van der Waals surface area contributed by atoms with Gasteiger partial charge in [0.2, 0.25) is 0 Å². The lowest BCUT2D eigenvalue weighted by Gasteiger charge is -2.33. The first-order chi connectivity index (χ1) is 13.6. The van der Waals surface area contributed by atoms with Crippen LogP contribution in [0.25, 0.3) is 10.9 Å². The van der Waals surface area contributed by atoms with Gasteiger partial charge in [0.15, 0.2) is 0 Å². The van der Waals surface area contributed by atoms with Gasteiger partial charge in [-0.15, -0.1) is 0 Å². The molecule has 0 spiro atoms. The summed E-state index contributed by atoms with van der Waals surface area (Å²) in [5.74, 6) is -0.267. The van der Waals surface area contributed by atoms with E-state index in [1.54, 1.807) is 24.3 Å². The Hall–Kier alpha value is -2.99. The monoisotopic (exact) mass is 409 g/mol. The van der Waals surface area contributed by atoms with Crippen molar-refractivity contribution in [3.8, 4) is 0 Å². The Balaban J connectivity index is 0.00000128. The molecule has 0 saturated carbocycles. The van der Waals surface area contributed by atoms with E-state index in [0.29, 0.717) is 23.7 Å². The first kappa shape index (κ1) is 21.7. The summed E-state index contributed by atoms with van der Waals surface area (Å²) in [5, 5.41) is 1.07. The van der Waals surface area contributed by atoms with Gasteiger partial charge in [-0.3, -0.25) is 19.4 Å². The summed E-state index contributed by atoms with van der Waals surface area (Å²) in [6, 6.07) is 11.8. The second kappa shape index (κ2) is 8.40. The third-order valence-corrected chi connectivity index (χ3v) is 5.92. The van der Waals surface area contributed by atoms with Crippen LogP contribution in [0, 0.1) is 5.82 Å². The molecule has 2 aromatic carbocycles. The molecule has 2 aliphatic rings. The number of nitrogens with one attached hydrogen (secondary N) is 1. The number of carbonyl (C=O) groups is 2. The topological polar surface area (TPSA) is 56.4 Å². The SMILES string of the molecule is C.C.O=C1c2ccccc2C(=O)N1CN1CCC(c2c[nH]c3cc(F)ccc23)CC1. The van der Waals surface area contributed by atoms with Crippen LogP contribution in [0.3, 0.4) is 0 Å². The maximum Gasteiger partial charge on any atom is 0.262 e. The van der Waals surface area contributed by atoms with Gasteiger partial charge in [0, 0.05) is 30.2 Å². The molecule has 6 heteroatoms. The van der Waals surface area contributed by atoms with Crippen LogP contribution in [0.4, 0.5) is 4.39 Å². The highest BCUT2D eigenvalue weighted by Gasteiger charge is 2.36. The summed E-state index contributed by atoms with van der Waals surface area (Å²) < 4.78 is 13.4. The fourth-order valence-corrected chi connectivity index (χ4v) is 4.41. The molecule has 1 fully saturated rings.